The summed E-state index contributed by atoms with van der Waals surface area (Å²) in [4.78, 5) is 11.6. The van der Waals surface area contributed by atoms with Crippen LogP contribution in [0.25, 0.3) is 0 Å². The van der Waals surface area contributed by atoms with Gasteiger partial charge in [-0.15, -0.1) is 0 Å². The Bertz CT molecular complexity index is 433. The minimum absolute atomic E-state index is 0.220. The second-order valence-corrected chi connectivity index (χ2v) is 5.20. The number of phenolic OH excluding ortho intramolecular Hbond substituents is 1. The largest absolute Gasteiger partial charge is 0.508 e. The summed E-state index contributed by atoms with van der Waals surface area (Å²) in [5.41, 5.74) is 0.965. The highest BCUT2D eigenvalue weighted by molar-refractivity contribution is 5.73. The zero-order valence-corrected chi connectivity index (χ0v) is 12.8. The first-order chi connectivity index (χ1) is 10.1. The third-order valence-electron chi connectivity index (χ3n) is 3.67. The molecule has 0 bridgehead atoms. The van der Waals surface area contributed by atoms with E-state index in [1.807, 2.05) is 19.9 Å². The normalized spacial score (nSPS) is 12.2. The summed E-state index contributed by atoms with van der Waals surface area (Å²) in [6.45, 7) is 4.82. The number of hydrogen-bond donors (Lipinski definition) is 4. The highest BCUT2D eigenvalue weighted by Gasteiger charge is 2.15. The Hall–Kier alpha value is -1.75. The quantitative estimate of drug-likeness (QED) is 0.592. The first-order valence-electron chi connectivity index (χ1n) is 7.54. The number of amides is 2. The molecule has 21 heavy (non-hydrogen) atoms. The highest BCUT2D eigenvalue weighted by Crippen LogP contribution is 2.12. The summed E-state index contributed by atoms with van der Waals surface area (Å²) in [6.07, 6.45) is 1.95. The van der Waals surface area contributed by atoms with Crippen molar-refractivity contribution in [3.8, 4) is 5.75 Å². The minimum atomic E-state index is -0.503. The van der Waals surface area contributed by atoms with E-state index in [1.165, 1.54) is 0 Å². The highest BCUT2D eigenvalue weighted by atomic mass is 16.3. The number of urea groups is 1. The number of hydrogen-bond acceptors (Lipinski definition) is 3. The molecule has 0 heterocycles. The van der Waals surface area contributed by atoms with Gasteiger partial charge in [-0.25, -0.2) is 4.79 Å². The second kappa shape index (κ2) is 9.23. The van der Waals surface area contributed by atoms with Crippen LogP contribution in [0, 0.1) is 5.92 Å². The summed E-state index contributed by atoms with van der Waals surface area (Å²) < 4.78 is 0. The number of carbonyl (C=O) groups excluding carboxylic acids is 1. The molecule has 5 heteroatoms. The average molecular weight is 294 g/mol. The van der Waals surface area contributed by atoms with Crippen LogP contribution in [0.4, 0.5) is 4.79 Å². The fourth-order valence-electron chi connectivity index (χ4n) is 2.29. The van der Waals surface area contributed by atoms with Crippen LogP contribution in [0.5, 0.6) is 5.75 Å². The van der Waals surface area contributed by atoms with Crippen molar-refractivity contribution in [2.24, 2.45) is 5.92 Å². The van der Waals surface area contributed by atoms with Gasteiger partial charge >= 0.3 is 6.03 Å². The first-order valence-corrected chi connectivity index (χ1v) is 7.54. The Kier molecular flexibility index (Phi) is 7.61. The molecule has 0 spiro atoms. The molecule has 0 aromatic heterocycles. The molecule has 4 N–H and O–H groups in total. The lowest BCUT2D eigenvalue weighted by Crippen LogP contribution is -2.42. The van der Waals surface area contributed by atoms with Crippen LogP contribution in [0.2, 0.25) is 0 Å². The molecule has 1 aromatic rings. The van der Waals surface area contributed by atoms with Gasteiger partial charge in [0.25, 0.3) is 0 Å². The molecule has 1 aromatic carbocycles. The van der Waals surface area contributed by atoms with Gasteiger partial charge < -0.3 is 20.8 Å². The van der Waals surface area contributed by atoms with Crippen LogP contribution in [-0.2, 0) is 6.42 Å². The van der Waals surface area contributed by atoms with Crippen molar-refractivity contribution in [3.63, 3.8) is 0 Å². The van der Waals surface area contributed by atoms with E-state index in [4.69, 9.17) is 0 Å². The van der Waals surface area contributed by atoms with Crippen LogP contribution in [0.15, 0.2) is 24.3 Å². The fourth-order valence-corrected chi connectivity index (χ4v) is 2.29. The standard InChI is InChI=1S/C16H26N2O3/c1-3-13(4-2)15(20)11-18-16(21)17-9-8-12-6-5-7-14(19)10-12/h5-7,10,13,15,19-20H,3-4,8-9,11H2,1-2H3,(H2,17,18,21). The molecule has 0 saturated carbocycles. The predicted molar refractivity (Wildman–Crippen MR) is 83.3 cm³/mol. The van der Waals surface area contributed by atoms with Crippen molar-refractivity contribution >= 4 is 6.03 Å². The molecule has 0 aliphatic carbocycles. The molecule has 0 saturated heterocycles. The third kappa shape index (κ3) is 6.49. The lowest BCUT2D eigenvalue weighted by molar-refractivity contribution is 0.103. The van der Waals surface area contributed by atoms with Crippen molar-refractivity contribution in [1.82, 2.24) is 10.6 Å². The van der Waals surface area contributed by atoms with Gasteiger partial charge in [0, 0.05) is 13.1 Å². The monoisotopic (exact) mass is 294 g/mol. The van der Waals surface area contributed by atoms with E-state index in [-0.39, 0.29) is 24.2 Å². The Labute approximate surface area is 126 Å². The zero-order valence-electron chi connectivity index (χ0n) is 12.8. The number of rotatable bonds is 8. The molecule has 118 valence electrons. The summed E-state index contributed by atoms with van der Waals surface area (Å²) in [7, 11) is 0. The van der Waals surface area contributed by atoms with Crippen LogP contribution in [-0.4, -0.2) is 35.4 Å². The lowest BCUT2D eigenvalue weighted by Gasteiger charge is -2.20. The maximum absolute atomic E-state index is 11.6. The molecular weight excluding hydrogens is 268 g/mol. The number of aromatic hydroxyl groups is 1. The summed E-state index contributed by atoms with van der Waals surface area (Å²) in [5, 5.41) is 24.7. The maximum Gasteiger partial charge on any atom is 0.314 e. The third-order valence-corrected chi connectivity index (χ3v) is 3.67. The predicted octanol–water partition coefficient (Wildman–Crippen LogP) is 2.03. The van der Waals surface area contributed by atoms with Gasteiger partial charge in [0.15, 0.2) is 0 Å². The minimum Gasteiger partial charge on any atom is -0.508 e. The molecule has 0 aliphatic heterocycles. The van der Waals surface area contributed by atoms with E-state index in [0.717, 1.165) is 18.4 Å². The van der Waals surface area contributed by atoms with E-state index in [9.17, 15) is 15.0 Å². The lowest BCUT2D eigenvalue weighted by atomic mass is 9.97. The van der Waals surface area contributed by atoms with Gasteiger partial charge in [-0.05, 0) is 30.0 Å². The van der Waals surface area contributed by atoms with Crippen LogP contribution in [0.3, 0.4) is 0 Å². The van der Waals surface area contributed by atoms with Gasteiger partial charge in [-0.1, -0.05) is 38.8 Å². The number of aliphatic hydroxyl groups is 1. The number of phenols is 1. The average Bonchev–Trinajstić information content (AvgIpc) is 2.46. The van der Waals surface area contributed by atoms with Gasteiger partial charge in [-0.3, -0.25) is 0 Å². The van der Waals surface area contributed by atoms with Gasteiger partial charge in [0.05, 0.1) is 6.10 Å². The maximum atomic E-state index is 11.6. The second-order valence-electron chi connectivity index (χ2n) is 5.20. The van der Waals surface area contributed by atoms with Crippen molar-refractivity contribution < 1.29 is 15.0 Å². The summed E-state index contributed by atoms with van der Waals surface area (Å²) in [6, 6.07) is 6.69. The molecule has 1 atom stereocenters. The first kappa shape index (κ1) is 17.3. The SMILES string of the molecule is CCC(CC)C(O)CNC(=O)NCCc1cccc(O)c1. The molecule has 0 fully saturated rings. The summed E-state index contributed by atoms with van der Waals surface area (Å²) >= 11 is 0. The Morgan fingerprint density at radius 1 is 1.24 bits per heavy atom. The van der Waals surface area contributed by atoms with Crippen molar-refractivity contribution in [2.45, 2.75) is 39.2 Å². The van der Waals surface area contributed by atoms with E-state index < -0.39 is 6.10 Å². The number of aliphatic hydroxyl groups excluding tert-OH is 1. The van der Waals surface area contributed by atoms with Crippen molar-refractivity contribution in [3.05, 3.63) is 29.8 Å². The van der Waals surface area contributed by atoms with Crippen LogP contribution >= 0.6 is 0 Å². The topological polar surface area (TPSA) is 81.6 Å². The molecule has 2 amide bonds. The Morgan fingerprint density at radius 3 is 2.57 bits per heavy atom. The molecule has 1 rings (SSSR count). The van der Waals surface area contributed by atoms with Crippen LogP contribution < -0.4 is 10.6 Å². The van der Waals surface area contributed by atoms with Gasteiger partial charge in [0.2, 0.25) is 0 Å². The van der Waals surface area contributed by atoms with Crippen molar-refractivity contribution in [2.75, 3.05) is 13.1 Å². The van der Waals surface area contributed by atoms with E-state index in [2.05, 4.69) is 10.6 Å². The summed E-state index contributed by atoms with van der Waals surface area (Å²) in [5.74, 6) is 0.447. The number of carbonyl (C=O) groups is 1. The number of benzene rings is 1. The van der Waals surface area contributed by atoms with Crippen molar-refractivity contribution in [1.29, 1.82) is 0 Å². The number of nitrogens with one attached hydrogen (secondary N) is 2. The Morgan fingerprint density at radius 2 is 1.95 bits per heavy atom. The Balaban J connectivity index is 2.22. The van der Waals surface area contributed by atoms with E-state index in [1.54, 1.807) is 18.2 Å². The van der Waals surface area contributed by atoms with Gasteiger partial charge in [0.1, 0.15) is 5.75 Å². The molecule has 0 radical (unpaired) electrons. The van der Waals surface area contributed by atoms with Crippen LogP contribution in [0.1, 0.15) is 32.3 Å². The molecule has 0 aliphatic rings. The molecular formula is C16H26N2O3. The fraction of sp³-hybridized carbons (Fsp3) is 0.562. The van der Waals surface area contributed by atoms with Gasteiger partial charge in [-0.2, -0.15) is 0 Å². The van der Waals surface area contributed by atoms with E-state index in [0.29, 0.717) is 13.0 Å². The van der Waals surface area contributed by atoms with E-state index >= 15 is 0 Å². The molecule has 5 nitrogen and oxygen atoms in total. The molecule has 1 unspecified atom stereocenters. The zero-order chi connectivity index (χ0) is 15.7. The smallest absolute Gasteiger partial charge is 0.314 e.